The Morgan fingerprint density at radius 1 is 1.06 bits per heavy atom. The monoisotopic (exact) mass is 485 g/mol. The van der Waals surface area contributed by atoms with Crippen molar-refractivity contribution in [2.45, 2.75) is 83.8 Å². The van der Waals surface area contributed by atoms with Crippen LogP contribution < -0.4 is 15.2 Å². The van der Waals surface area contributed by atoms with Crippen molar-refractivity contribution in [3.05, 3.63) is 23.8 Å². The maximum Gasteiger partial charge on any atom is 0.342 e. The molecule has 0 heterocycles. The van der Waals surface area contributed by atoms with Gasteiger partial charge in [-0.05, 0) is 92.1 Å². The third kappa shape index (κ3) is 3.53. The Hall–Kier alpha value is -1.79. The van der Waals surface area contributed by atoms with Gasteiger partial charge < -0.3 is 25.1 Å². The van der Waals surface area contributed by atoms with E-state index in [0.717, 1.165) is 38.5 Å². The number of methoxy groups -OCH3 is 2. The maximum absolute atomic E-state index is 13.2. The number of para-hydroxylation sites is 1. The molecule has 1 aromatic rings. The van der Waals surface area contributed by atoms with Gasteiger partial charge >= 0.3 is 5.97 Å². The van der Waals surface area contributed by atoms with Crippen LogP contribution >= 0.6 is 0 Å². The van der Waals surface area contributed by atoms with Crippen molar-refractivity contribution in [2.24, 2.45) is 39.7 Å². The molecule has 0 saturated heterocycles. The summed E-state index contributed by atoms with van der Waals surface area (Å²) < 4.78 is 16.8. The van der Waals surface area contributed by atoms with E-state index in [1.165, 1.54) is 20.0 Å². The summed E-state index contributed by atoms with van der Waals surface area (Å²) >= 11 is 0. The molecular weight excluding hydrogens is 442 g/mol. The molecule has 35 heavy (non-hydrogen) atoms. The number of esters is 1. The zero-order valence-corrected chi connectivity index (χ0v) is 22.1. The second-order valence-electron chi connectivity index (χ2n) is 12.8. The number of hydrogen-bond acceptors (Lipinski definition) is 6. The lowest BCUT2D eigenvalue weighted by Gasteiger charge is -2.65. The number of aliphatic hydroxyl groups excluding tert-OH is 1. The zero-order chi connectivity index (χ0) is 25.2. The first-order chi connectivity index (χ1) is 16.5. The van der Waals surface area contributed by atoms with E-state index in [9.17, 15) is 9.90 Å². The average Bonchev–Trinajstić information content (AvgIpc) is 2.96. The second kappa shape index (κ2) is 8.37. The number of aliphatic hydroxyl groups is 1. The molecule has 4 aliphatic rings. The Kier molecular flexibility index (Phi) is 5.95. The Labute approximate surface area is 209 Å². The third-order valence-electron chi connectivity index (χ3n) is 11.0. The number of nitrogens with two attached hydrogens (primary N) is 1. The van der Waals surface area contributed by atoms with Crippen LogP contribution in [0.2, 0.25) is 0 Å². The highest BCUT2D eigenvalue weighted by Crippen LogP contribution is 2.74. The fraction of sp³-hybridized carbons (Fsp3) is 0.759. The molecule has 194 valence electrons. The van der Waals surface area contributed by atoms with Gasteiger partial charge in [-0.3, -0.25) is 0 Å². The molecule has 0 amide bonds. The first kappa shape index (κ1) is 24.9. The van der Waals surface area contributed by atoms with E-state index in [-0.39, 0.29) is 34.3 Å². The highest BCUT2D eigenvalue weighted by molar-refractivity contribution is 5.93. The van der Waals surface area contributed by atoms with Gasteiger partial charge in [0.15, 0.2) is 11.5 Å². The first-order valence-electron chi connectivity index (χ1n) is 13.4. The molecule has 5 rings (SSSR count). The van der Waals surface area contributed by atoms with Crippen LogP contribution in [-0.4, -0.2) is 43.5 Å². The van der Waals surface area contributed by atoms with Gasteiger partial charge in [-0.25, -0.2) is 4.79 Å². The van der Waals surface area contributed by atoms with E-state index in [1.807, 2.05) is 0 Å². The standard InChI is InChI=1S/C29H43NO5/c1-26-14-10-22-27(2)12-7-13-28(3,30)21(27)11-15-29(22,17-26)19(24(26)31)16-35-25(32)18-8-6-9-20(33-4)23(18)34-5/h6,8-9,19,21-22,24,31H,7,10-17,30H2,1-5H3/t19-,21+,22+,24-,26+,27-,28-,29-/m1/s1. The third-order valence-corrected chi connectivity index (χ3v) is 11.0. The number of ether oxygens (including phenoxy) is 3. The van der Waals surface area contributed by atoms with E-state index in [4.69, 9.17) is 19.9 Å². The molecule has 4 fully saturated rings. The van der Waals surface area contributed by atoms with Crippen LogP contribution in [0.3, 0.4) is 0 Å². The van der Waals surface area contributed by atoms with E-state index in [2.05, 4.69) is 20.8 Å². The van der Waals surface area contributed by atoms with Crippen molar-refractivity contribution < 1.29 is 24.1 Å². The molecule has 4 aliphatic carbocycles. The minimum atomic E-state index is -0.472. The molecule has 6 nitrogen and oxygen atoms in total. The number of hydrogen-bond donors (Lipinski definition) is 2. The summed E-state index contributed by atoms with van der Waals surface area (Å²) in [6.45, 7) is 7.20. The zero-order valence-electron chi connectivity index (χ0n) is 22.1. The van der Waals surface area contributed by atoms with Gasteiger partial charge in [0.25, 0.3) is 0 Å². The molecule has 6 heteroatoms. The lowest BCUT2D eigenvalue weighted by Crippen LogP contribution is -2.63. The SMILES string of the molecule is COc1cccc(C(=O)OC[C@@H]2[C@@H](O)[C@@]3(C)CC[C@H]4[C@]5(C)CCC[C@@](C)(N)[C@H]5CC[C@@]24C3)c1OC. The summed E-state index contributed by atoms with van der Waals surface area (Å²) in [4.78, 5) is 13.2. The Bertz CT molecular complexity index is 993. The highest BCUT2D eigenvalue weighted by Gasteiger charge is 2.70. The Morgan fingerprint density at radius 2 is 1.80 bits per heavy atom. The van der Waals surface area contributed by atoms with Crippen LogP contribution in [0.5, 0.6) is 11.5 Å². The molecule has 2 bridgehead atoms. The molecule has 0 aromatic heterocycles. The lowest BCUT2D eigenvalue weighted by molar-refractivity contribution is -0.151. The van der Waals surface area contributed by atoms with E-state index in [0.29, 0.717) is 28.9 Å². The molecule has 8 atom stereocenters. The fourth-order valence-electron chi connectivity index (χ4n) is 9.59. The minimum absolute atomic E-state index is 0.0101. The van der Waals surface area contributed by atoms with Gasteiger partial charge in [0, 0.05) is 11.5 Å². The van der Waals surface area contributed by atoms with Crippen molar-refractivity contribution in [3.63, 3.8) is 0 Å². The molecule has 1 aromatic carbocycles. The number of carbonyl (C=O) groups excluding carboxylic acids is 1. The second-order valence-corrected chi connectivity index (χ2v) is 12.8. The first-order valence-corrected chi connectivity index (χ1v) is 13.4. The molecule has 3 N–H and O–H groups in total. The van der Waals surface area contributed by atoms with Gasteiger partial charge in [0.05, 0.1) is 26.9 Å². The summed E-state index contributed by atoms with van der Waals surface area (Å²) in [6, 6.07) is 5.23. The van der Waals surface area contributed by atoms with Crippen molar-refractivity contribution in [2.75, 3.05) is 20.8 Å². The molecule has 0 radical (unpaired) electrons. The molecule has 0 unspecified atom stereocenters. The quantitative estimate of drug-likeness (QED) is 0.573. The van der Waals surface area contributed by atoms with Crippen LogP contribution in [-0.2, 0) is 4.74 Å². The molecular formula is C29H43NO5. The summed E-state index contributed by atoms with van der Waals surface area (Å²) in [5.74, 6) is 1.39. The van der Waals surface area contributed by atoms with Crippen LogP contribution in [0.15, 0.2) is 18.2 Å². The molecule has 0 aliphatic heterocycles. The predicted molar refractivity (Wildman–Crippen MR) is 134 cm³/mol. The summed E-state index contributed by atoms with van der Waals surface area (Å²) in [7, 11) is 3.08. The maximum atomic E-state index is 13.2. The summed E-state index contributed by atoms with van der Waals surface area (Å²) in [5, 5.41) is 11.6. The molecule has 4 saturated carbocycles. The van der Waals surface area contributed by atoms with Crippen LogP contribution in [0.4, 0.5) is 0 Å². The fourth-order valence-corrected chi connectivity index (χ4v) is 9.59. The minimum Gasteiger partial charge on any atom is -0.493 e. The smallest absolute Gasteiger partial charge is 0.342 e. The van der Waals surface area contributed by atoms with E-state index >= 15 is 0 Å². The van der Waals surface area contributed by atoms with Crippen molar-refractivity contribution in [1.82, 2.24) is 0 Å². The Balaban J connectivity index is 1.44. The van der Waals surface area contributed by atoms with Gasteiger partial charge in [0.1, 0.15) is 5.56 Å². The number of rotatable bonds is 5. The Morgan fingerprint density at radius 3 is 2.51 bits per heavy atom. The number of fused-ring (bicyclic) bond motifs is 3. The number of benzene rings is 1. The van der Waals surface area contributed by atoms with E-state index in [1.54, 1.807) is 25.3 Å². The summed E-state index contributed by atoms with van der Waals surface area (Å²) in [5.41, 5.74) is 7.16. The topological polar surface area (TPSA) is 91.0 Å². The predicted octanol–water partition coefficient (Wildman–Crippen LogP) is 4.96. The van der Waals surface area contributed by atoms with Crippen molar-refractivity contribution in [1.29, 1.82) is 0 Å². The largest absolute Gasteiger partial charge is 0.493 e. The van der Waals surface area contributed by atoms with Gasteiger partial charge in [0.2, 0.25) is 0 Å². The van der Waals surface area contributed by atoms with Crippen molar-refractivity contribution >= 4 is 5.97 Å². The average molecular weight is 486 g/mol. The normalized spacial score (nSPS) is 44.2. The number of carbonyl (C=O) groups is 1. The van der Waals surface area contributed by atoms with Crippen LogP contribution in [0.25, 0.3) is 0 Å². The van der Waals surface area contributed by atoms with Crippen LogP contribution in [0.1, 0.15) is 82.5 Å². The van der Waals surface area contributed by atoms with E-state index < -0.39 is 12.1 Å². The summed E-state index contributed by atoms with van der Waals surface area (Å²) in [6.07, 6.45) is 8.32. The van der Waals surface area contributed by atoms with Gasteiger partial charge in [-0.2, -0.15) is 0 Å². The van der Waals surface area contributed by atoms with Gasteiger partial charge in [-0.15, -0.1) is 0 Å². The molecule has 1 spiro atoms. The van der Waals surface area contributed by atoms with Crippen molar-refractivity contribution in [3.8, 4) is 11.5 Å². The van der Waals surface area contributed by atoms with Crippen LogP contribution in [0, 0.1) is 34.0 Å². The highest BCUT2D eigenvalue weighted by atomic mass is 16.5. The lowest BCUT2D eigenvalue weighted by atomic mass is 9.41. The van der Waals surface area contributed by atoms with Gasteiger partial charge in [-0.1, -0.05) is 26.3 Å².